The van der Waals surface area contributed by atoms with E-state index in [1.165, 1.54) is 18.2 Å². The smallest absolute Gasteiger partial charge is 0.251 e. The standard InChI is InChI=1S/C24H26ClFN4O/c1-30(2)22-14-23(29-21-6-4-3-5-18(21)22)27-16-8-10-17(11-9-16)28-24(31)15-7-12-20(26)19(25)13-15/h3-7,12-14,16-17H,8-11H2,1-2H3,(H,27,29)(H,28,31)/t16-,17+. The number of hydrogen-bond acceptors (Lipinski definition) is 4. The van der Waals surface area contributed by atoms with Gasteiger partial charge in [-0.2, -0.15) is 0 Å². The van der Waals surface area contributed by atoms with Crippen molar-refractivity contribution in [2.24, 2.45) is 0 Å². The molecule has 0 atom stereocenters. The average Bonchev–Trinajstić information content (AvgIpc) is 2.76. The molecule has 0 spiro atoms. The predicted molar refractivity (Wildman–Crippen MR) is 125 cm³/mol. The second-order valence-corrected chi connectivity index (χ2v) is 8.64. The van der Waals surface area contributed by atoms with Crippen molar-refractivity contribution in [2.75, 3.05) is 24.3 Å². The molecule has 2 N–H and O–H groups in total. The summed E-state index contributed by atoms with van der Waals surface area (Å²) in [6.07, 6.45) is 3.60. The third-order valence-electron chi connectivity index (χ3n) is 5.77. The Morgan fingerprint density at radius 3 is 2.48 bits per heavy atom. The number of fused-ring (bicyclic) bond motifs is 1. The third kappa shape index (κ3) is 4.90. The highest BCUT2D eigenvalue weighted by molar-refractivity contribution is 6.31. The van der Waals surface area contributed by atoms with Gasteiger partial charge in [-0.1, -0.05) is 29.8 Å². The number of amides is 1. The maximum atomic E-state index is 13.3. The highest BCUT2D eigenvalue weighted by Gasteiger charge is 2.23. The van der Waals surface area contributed by atoms with Crippen LogP contribution in [0.1, 0.15) is 36.0 Å². The fourth-order valence-corrected chi connectivity index (χ4v) is 4.28. The lowest BCUT2D eigenvalue weighted by Crippen LogP contribution is -2.40. The summed E-state index contributed by atoms with van der Waals surface area (Å²) >= 11 is 5.79. The van der Waals surface area contributed by atoms with E-state index in [-0.39, 0.29) is 17.0 Å². The molecule has 0 radical (unpaired) electrons. The number of pyridine rings is 1. The predicted octanol–water partition coefficient (Wildman–Crippen LogP) is 5.25. The second-order valence-electron chi connectivity index (χ2n) is 8.23. The molecule has 1 amide bonds. The molecule has 0 saturated heterocycles. The van der Waals surface area contributed by atoms with Crippen molar-refractivity contribution in [1.82, 2.24) is 10.3 Å². The van der Waals surface area contributed by atoms with Crippen LogP contribution in [0.2, 0.25) is 5.02 Å². The quantitative estimate of drug-likeness (QED) is 0.569. The van der Waals surface area contributed by atoms with E-state index in [0.717, 1.165) is 48.1 Å². The number of para-hydroxylation sites is 1. The van der Waals surface area contributed by atoms with Crippen LogP contribution in [0.25, 0.3) is 10.9 Å². The lowest BCUT2D eigenvalue weighted by atomic mass is 9.91. The Morgan fingerprint density at radius 1 is 1.06 bits per heavy atom. The van der Waals surface area contributed by atoms with Gasteiger partial charge in [-0.05, 0) is 49.9 Å². The average molecular weight is 441 g/mol. The maximum Gasteiger partial charge on any atom is 0.251 e. The van der Waals surface area contributed by atoms with Gasteiger partial charge in [0.1, 0.15) is 11.6 Å². The first-order valence-electron chi connectivity index (χ1n) is 10.5. The number of hydrogen-bond donors (Lipinski definition) is 2. The Balaban J connectivity index is 1.37. The van der Waals surface area contributed by atoms with E-state index in [1.807, 2.05) is 32.3 Å². The zero-order chi connectivity index (χ0) is 22.0. The number of aromatic nitrogens is 1. The topological polar surface area (TPSA) is 57.3 Å². The Hall–Kier alpha value is -2.86. The Kier molecular flexibility index (Phi) is 6.28. The number of benzene rings is 2. The summed E-state index contributed by atoms with van der Waals surface area (Å²) in [5.74, 6) is 0.130. The van der Waals surface area contributed by atoms with E-state index in [1.54, 1.807) is 0 Å². The number of halogens is 2. The van der Waals surface area contributed by atoms with Gasteiger partial charge in [0.25, 0.3) is 5.91 Å². The van der Waals surface area contributed by atoms with Crippen molar-refractivity contribution in [2.45, 2.75) is 37.8 Å². The summed E-state index contributed by atoms with van der Waals surface area (Å²) in [7, 11) is 4.07. The second kappa shape index (κ2) is 9.10. The van der Waals surface area contributed by atoms with Gasteiger partial charge in [-0.3, -0.25) is 4.79 Å². The van der Waals surface area contributed by atoms with Crippen molar-refractivity contribution in [3.8, 4) is 0 Å². The van der Waals surface area contributed by atoms with Gasteiger partial charge < -0.3 is 15.5 Å². The van der Waals surface area contributed by atoms with Crippen molar-refractivity contribution >= 4 is 39.9 Å². The highest BCUT2D eigenvalue weighted by Crippen LogP contribution is 2.29. The first kappa shape index (κ1) is 21.4. The molecule has 162 valence electrons. The molecule has 1 aliphatic rings. The third-order valence-corrected chi connectivity index (χ3v) is 6.06. The van der Waals surface area contributed by atoms with Crippen LogP contribution in [-0.4, -0.2) is 37.1 Å². The molecule has 1 aliphatic carbocycles. The number of nitrogens with zero attached hydrogens (tertiary/aromatic N) is 2. The summed E-state index contributed by atoms with van der Waals surface area (Å²) in [6, 6.07) is 14.7. The zero-order valence-electron chi connectivity index (χ0n) is 17.7. The summed E-state index contributed by atoms with van der Waals surface area (Å²) in [5, 5.41) is 7.71. The zero-order valence-corrected chi connectivity index (χ0v) is 18.4. The number of nitrogens with one attached hydrogen (secondary N) is 2. The largest absolute Gasteiger partial charge is 0.377 e. The fraction of sp³-hybridized carbons (Fsp3) is 0.333. The molecule has 0 bridgehead atoms. The molecule has 1 saturated carbocycles. The molecule has 0 aliphatic heterocycles. The normalized spacial score (nSPS) is 18.6. The fourth-order valence-electron chi connectivity index (χ4n) is 4.10. The van der Waals surface area contributed by atoms with Crippen LogP contribution in [-0.2, 0) is 0 Å². The van der Waals surface area contributed by atoms with E-state index >= 15 is 0 Å². The molecule has 4 rings (SSSR count). The molecule has 0 unspecified atom stereocenters. The van der Waals surface area contributed by atoms with Crippen molar-refractivity contribution in [3.63, 3.8) is 0 Å². The Bertz CT molecular complexity index is 1100. The Morgan fingerprint density at radius 2 is 1.77 bits per heavy atom. The van der Waals surface area contributed by atoms with Crippen molar-refractivity contribution in [1.29, 1.82) is 0 Å². The molecule has 7 heteroatoms. The van der Waals surface area contributed by atoms with Crippen LogP contribution in [0.5, 0.6) is 0 Å². The molecule has 3 aromatic rings. The van der Waals surface area contributed by atoms with Gasteiger partial charge in [-0.15, -0.1) is 0 Å². The van der Waals surface area contributed by atoms with Gasteiger partial charge in [0, 0.05) is 48.9 Å². The lowest BCUT2D eigenvalue weighted by molar-refractivity contribution is 0.0926. The van der Waals surface area contributed by atoms with Gasteiger partial charge in [-0.25, -0.2) is 9.37 Å². The summed E-state index contributed by atoms with van der Waals surface area (Å²) in [4.78, 5) is 19.3. The summed E-state index contributed by atoms with van der Waals surface area (Å²) in [5.41, 5.74) is 2.48. The van der Waals surface area contributed by atoms with Crippen LogP contribution >= 0.6 is 11.6 Å². The molecule has 2 aromatic carbocycles. The van der Waals surface area contributed by atoms with Gasteiger partial charge >= 0.3 is 0 Å². The van der Waals surface area contributed by atoms with Gasteiger partial charge in [0.05, 0.1) is 10.5 Å². The molecule has 1 heterocycles. The minimum atomic E-state index is -0.524. The van der Waals surface area contributed by atoms with Crippen LogP contribution in [0.3, 0.4) is 0 Å². The van der Waals surface area contributed by atoms with Crippen LogP contribution in [0.15, 0.2) is 48.5 Å². The van der Waals surface area contributed by atoms with Gasteiger partial charge in [0.2, 0.25) is 0 Å². The molecular formula is C24H26ClFN4O. The summed E-state index contributed by atoms with van der Waals surface area (Å²) < 4.78 is 13.3. The van der Waals surface area contributed by atoms with Crippen LogP contribution in [0, 0.1) is 5.82 Å². The van der Waals surface area contributed by atoms with Crippen LogP contribution < -0.4 is 15.5 Å². The highest BCUT2D eigenvalue weighted by atomic mass is 35.5. The van der Waals surface area contributed by atoms with Crippen molar-refractivity contribution in [3.05, 3.63) is 64.9 Å². The van der Waals surface area contributed by atoms with Crippen molar-refractivity contribution < 1.29 is 9.18 Å². The molecule has 5 nitrogen and oxygen atoms in total. The first-order valence-corrected chi connectivity index (χ1v) is 10.9. The molecule has 31 heavy (non-hydrogen) atoms. The first-order chi connectivity index (χ1) is 14.9. The molecular weight excluding hydrogens is 415 g/mol. The maximum absolute atomic E-state index is 13.3. The summed E-state index contributed by atoms with van der Waals surface area (Å²) in [6.45, 7) is 0. The van der Waals surface area contributed by atoms with E-state index in [0.29, 0.717) is 11.6 Å². The lowest BCUT2D eigenvalue weighted by Gasteiger charge is -2.30. The van der Waals surface area contributed by atoms with E-state index in [9.17, 15) is 9.18 Å². The Labute approximate surface area is 186 Å². The number of carbonyl (C=O) groups is 1. The molecule has 1 fully saturated rings. The SMILES string of the molecule is CN(C)c1cc(N[C@H]2CC[C@@H](NC(=O)c3ccc(F)c(Cl)c3)CC2)nc2ccccc12. The van der Waals surface area contributed by atoms with Crippen LogP contribution in [0.4, 0.5) is 15.9 Å². The van der Waals surface area contributed by atoms with Gasteiger partial charge in [0.15, 0.2) is 0 Å². The van der Waals surface area contributed by atoms with E-state index in [2.05, 4.69) is 27.7 Å². The number of rotatable bonds is 5. The van der Waals surface area contributed by atoms with E-state index < -0.39 is 5.82 Å². The monoisotopic (exact) mass is 440 g/mol. The molecule has 1 aromatic heterocycles. The minimum absolute atomic E-state index is 0.0412. The number of anilines is 2. The number of carbonyl (C=O) groups excluding carboxylic acids is 1. The minimum Gasteiger partial charge on any atom is -0.377 e. The van der Waals surface area contributed by atoms with E-state index in [4.69, 9.17) is 16.6 Å².